The van der Waals surface area contributed by atoms with Crippen molar-refractivity contribution in [2.24, 2.45) is 0 Å². The van der Waals surface area contributed by atoms with Crippen LogP contribution in [0.15, 0.2) is 9.94 Å². The Balaban J connectivity index is 4.86. The van der Waals surface area contributed by atoms with Crippen LogP contribution in [0.3, 0.4) is 0 Å². The molecule has 0 unspecified atom stereocenters. The normalized spacial score (nSPS) is 15.1. The molecule has 0 amide bonds. The van der Waals surface area contributed by atoms with Crippen molar-refractivity contribution in [3.8, 4) is 0 Å². The van der Waals surface area contributed by atoms with E-state index in [1.165, 1.54) is 6.92 Å². The SMILES string of the molecule is CC(Cl)=C(C)S(C)(=O)=O. The molecule has 0 aromatic rings. The largest absolute Gasteiger partial charge is 0.224 e. The zero-order valence-corrected chi connectivity index (χ0v) is 7.18. The van der Waals surface area contributed by atoms with E-state index in [1.807, 2.05) is 0 Å². The van der Waals surface area contributed by atoms with Crippen molar-refractivity contribution in [2.45, 2.75) is 13.8 Å². The number of rotatable bonds is 1. The van der Waals surface area contributed by atoms with Gasteiger partial charge >= 0.3 is 0 Å². The Morgan fingerprint density at radius 1 is 1.33 bits per heavy atom. The van der Waals surface area contributed by atoms with Crippen LogP contribution in [-0.2, 0) is 9.84 Å². The monoisotopic (exact) mass is 168 g/mol. The van der Waals surface area contributed by atoms with E-state index in [2.05, 4.69) is 0 Å². The second-order valence-electron chi connectivity index (χ2n) is 1.86. The van der Waals surface area contributed by atoms with Crippen LogP contribution in [0.4, 0.5) is 0 Å². The first-order chi connectivity index (χ1) is 3.85. The standard InChI is InChI=1S/C5H9ClO2S/c1-4(6)5(2)9(3,7)8/h1-3H3. The highest BCUT2D eigenvalue weighted by molar-refractivity contribution is 7.94. The highest BCUT2D eigenvalue weighted by atomic mass is 35.5. The van der Waals surface area contributed by atoms with Crippen LogP contribution >= 0.6 is 11.6 Å². The van der Waals surface area contributed by atoms with Crippen molar-refractivity contribution in [3.63, 3.8) is 0 Å². The molecule has 0 aromatic heterocycles. The molecule has 9 heavy (non-hydrogen) atoms. The van der Waals surface area contributed by atoms with E-state index in [0.29, 0.717) is 5.03 Å². The second kappa shape index (κ2) is 2.71. The molecule has 0 rings (SSSR count). The van der Waals surface area contributed by atoms with Crippen molar-refractivity contribution in [1.29, 1.82) is 0 Å². The Bertz CT molecular complexity index is 221. The van der Waals surface area contributed by atoms with E-state index < -0.39 is 9.84 Å². The van der Waals surface area contributed by atoms with E-state index in [4.69, 9.17) is 11.6 Å². The minimum atomic E-state index is -3.05. The van der Waals surface area contributed by atoms with E-state index >= 15 is 0 Å². The maximum atomic E-state index is 10.6. The zero-order chi connectivity index (χ0) is 7.65. The van der Waals surface area contributed by atoms with Crippen LogP contribution in [0, 0.1) is 0 Å². The molecule has 0 bridgehead atoms. The number of halogens is 1. The summed E-state index contributed by atoms with van der Waals surface area (Å²) in [7, 11) is -3.05. The molecule has 2 nitrogen and oxygen atoms in total. The van der Waals surface area contributed by atoms with Gasteiger partial charge in [-0.25, -0.2) is 8.42 Å². The molecule has 54 valence electrons. The molecular formula is C5H9ClO2S. The Labute approximate surface area is 60.4 Å². The predicted octanol–water partition coefficient (Wildman–Crippen LogP) is 1.52. The highest BCUT2D eigenvalue weighted by Crippen LogP contribution is 2.12. The molecule has 0 heterocycles. The fraction of sp³-hybridized carbons (Fsp3) is 0.600. The van der Waals surface area contributed by atoms with Gasteiger partial charge in [0.15, 0.2) is 9.84 Å². The quantitative estimate of drug-likeness (QED) is 0.595. The predicted molar refractivity (Wildman–Crippen MR) is 39.1 cm³/mol. The number of sulfone groups is 1. The van der Waals surface area contributed by atoms with Gasteiger partial charge in [0, 0.05) is 11.3 Å². The van der Waals surface area contributed by atoms with Gasteiger partial charge < -0.3 is 0 Å². The summed E-state index contributed by atoms with van der Waals surface area (Å²) in [6.45, 7) is 3.04. The molecule has 0 saturated carbocycles. The van der Waals surface area contributed by atoms with Gasteiger partial charge in [0.05, 0.1) is 4.91 Å². The van der Waals surface area contributed by atoms with Crippen LogP contribution in [0.1, 0.15) is 13.8 Å². The third-order valence-corrected chi connectivity index (χ3v) is 2.86. The van der Waals surface area contributed by atoms with Gasteiger partial charge in [0.1, 0.15) is 0 Å². The molecule has 0 aliphatic carbocycles. The van der Waals surface area contributed by atoms with Crippen molar-refractivity contribution >= 4 is 21.4 Å². The Morgan fingerprint density at radius 2 is 1.67 bits per heavy atom. The molecule has 0 aliphatic heterocycles. The van der Waals surface area contributed by atoms with Gasteiger partial charge in [-0.3, -0.25) is 0 Å². The van der Waals surface area contributed by atoms with Crippen molar-refractivity contribution in [1.82, 2.24) is 0 Å². The van der Waals surface area contributed by atoms with Crippen LogP contribution in [0.5, 0.6) is 0 Å². The van der Waals surface area contributed by atoms with E-state index in [-0.39, 0.29) is 4.91 Å². The number of allylic oxidation sites excluding steroid dienone is 2. The molecule has 4 heteroatoms. The topological polar surface area (TPSA) is 34.1 Å². The van der Waals surface area contributed by atoms with E-state index in [0.717, 1.165) is 6.26 Å². The molecule has 0 aromatic carbocycles. The lowest BCUT2D eigenvalue weighted by molar-refractivity contribution is 0.607. The minimum absolute atomic E-state index is 0.240. The number of hydrogen-bond acceptors (Lipinski definition) is 2. The van der Waals surface area contributed by atoms with Crippen LogP contribution in [-0.4, -0.2) is 14.7 Å². The number of hydrogen-bond donors (Lipinski definition) is 0. The molecule has 0 fully saturated rings. The summed E-state index contributed by atoms with van der Waals surface area (Å²) in [5, 5.41) is 0.331. The van der Waals surface area contributed by atoms with Crippen molar-refractivity contribution in [2.75, 3.05) is 6.26 Å². The van der Waals surface area contributed by atoms with Gasteiger partial charge in [-0.1, -0.05) is 11.6 Å². The average Bonchev–Trinajstić information content (AvgIpc) is 1.62. The van der Waals surface area contributed by atoms with Gasteiger partial charge in [-0.2, -0.15) is 0 Å². The van der Waals surface area contributed by atoms with Gasteiger partial charge in [-0.05, 0) is 13.8 Å². The highest BCUT2D eigenvalue weighted by Gasteiger charge is 2.06. The first kappa shape index (κ1) is 8.98. The molecule has 0 radical (unpaired) electrons. The maximum absolute atomic E-state index is 10.6. The fourth-order valence-corrected chi connectivity index (χ4v) is 1.19. The lowest BCUT2D eigenvalue weighted by Crippen LogP contribution is -1.97. The van der Waals surface area contributed by atoms with Gasteiger partial charge in [0.25, 0.3) is 0 Å². The van der Waals surface area contributed by atoms with Crippen LogP contribution in [0.2, 0.25) is 0 Å². The Kier molecular flexibility index (Phi) is 2.70. The molecular weight excluding hydrogens is 160 g/mol. The smallest absolute Gasteiger partial charge is 0.172 e. The first-order valence-corrected chi connectivity index (χ1v) is 4.65. The molecule has 0 aliphatic rings. The Hall–Kier alpha value is -0.0200. The van der Waals surface area contributed by atoms with Gasteiger partial charge in [0.2, 0.25) is 0 Å². The lowest BCUT2D eigenvalue weighted by atomic mass is 10.6. The summed E-state index contributed by atoms with van der Waals surface area (Å²) in [5.41, 5.74) is 0. The first-order valence-electron chi connectivity index (χ1n) is 2.38. The van der Waals surface area contributed by atoms with Crippen LogP contribution in [0.25, 0.3) is 0 Å². The summed E-state index contributed by atoms with van der Waals surface area (Å²) in [5.74, 6) is 0. The second-order valence-corrected chi connectivity index (χ2v) is 4.59. The summed E-state index contributed by atoms with van der Waals surface area (Å²) in [6.07, 6.45) is 1.13. The summed E-state index contributed by atoms with van der Waals surface area (Å²) in [4.78, 5) is 0.240. The zero-order valence-electron chi connectivity index (χ0n) is 5.60. The van der Waals surface area contributed by atoms with E-state index in [1.54, 1.807) is 6.92 Å². The Morgan fingerprint density at radius 3 is 1.67 bits per heavy atom. The lowest BCUT2D eigenvalue weighted by Gasteiger charge is -1.95. The molecule has 0 atom stereocenters. The van der Waals surface area contributed by atoms with E-state index in [9.17, 15) is 8.42 Å². The summed E-state index contributed by atoms with van der Waals surface area (Å²) in [6, 6.07) is 0. The molecule has 0 spiro atoms. The van der Waals surface area contributed by atoms with Crippen LogP contribution < -0.4 is 0 Å². The average molecular weight is 169 g/mol. The maximum Gasteiger partial charge on any atom is 0.172 e. The van der Waals surface area contributed by atoms with Crippen molar-refractivity contribution < 1.29 is 8.42 Å². The molecule has 0 N–H and O–H groups in total. The summed E-state index contributed by atoms with van der Waals surface area (Å²) >= 11 is 5.41. The van der Waals surface area contributed by atoms with Gasteiger partial charge in [-0.15, -0.1) is 0 Å². The fourth-order valence-electron chi connectivity index (χ4n) is 0.255. The molecule has 0 saturated heterocycles. The van der Waals surface area contributed by atoms with Crippen molar-refractivity contribution in [3.05, 3.63) is 9.94 Å². The third-order valence-electron chi connectivity index (χ3n) is 1.04. The summed E-state index contributed by atoms with van der Waals surface area (Å²) < 4.78 is 21.3. The third kappa shape index (κ3) is 2.87. The minimum Gasteiger partial charge on any atom is -0.224 e.